The maximum atomic E-state index is 12.0. The van der Waals surface area contributed by atoms with Gasteiger partial charge in [-0.2, -0.15) is 0 Å². The highest BCUT2D eigenvalue weighted by Gasteiger charge is 2.23. The van der Waals surface area contributed by atoms with Gasteiger partial charge in [0.25, 0.3) is 5.56 Å². The van der Waals surface area contributed by atoms with Crippen LogP contribution in [0.15, 0.2) is 41.2 Å². The lowest BCUT2D eigenvalue weighted by molar-refractivity contribution is -0.145. The Morgan fingerprint density at radius 3 is 2.96 bits per heavy atom. The molecule has 0 radical (unpaired) electrons. The van der Waals surface area contributed by atoms with Gasteiger partial charge in [-0.05, 0) is 0 Å². The second kappa shape index (κ2) is 8.04. The average Bonchev–Trinajstić information content (AvgIpc) is 2.62. The molecule has 0 bridgehead atoms. The molecule has 2 aromatic rings. The van der Waals surface area contributed by atoms with E-state index in [1.807, 2.05) is 30.3 Å². The van der Waals surface area contributed by atoms with Crippen LogP contribution in [0.1, 0.15) is 12.1 Å². The molecule has 2 heterocycles. The minimum absolute atomic E-state index is 0.178. The largest absolute Gasteiger partial charge is 0.469 e. The number of carbonyl (C=O) groups excluding carboxylic acids is 1. The van der Waals surface area contributed by atoms with E-state index in [0.717, 1.165) is 12.1 Å². The maximum absolute atomic E-state index is 12.0. The first kappa shape index (κ1) is 17.3. The highest BCUT2D eigenvalue weighted by atomic mass is 16.5. The van der Waals surface area contributed by atoms with E-state index in [-0.39, 0.29) is 24.1 Å². The predicted molar refractivity (Wildman–Crippen MR) is 91.9 cm³/mol. The molecule has 0 amide bonds. The SMILES string of the molecule is COC(=O)C[C@@H]1CN(Cc2cc(=O)[nH]c(-c3ccccc3)n2)CCO1. The van der Waals surface area contributed by atoms with Gasteiger partial charge < -0.3 is 14.5 Å². The number of hydrogen-bond acceptors (Lipinski definition) is 6. The van der Waals surface area contributed by atoms with Crippen LogP contribution in [-0.2, 0) is 20.8 Å². The molecule has 0 aliphatic carbocycles. The van der Waals surface area contributed by atoms with Crippen molar-refractivity contribution in [2.24, 2.45) is 0 Å². The summed E-state index contributed by atoms with van der Waals surface area (Å²) >= 11 is 0. The van der Waals surface area contributed by atoms with Crippen molar-refractivity contribution in [1.29, 1.82) is 0 Å². The summed E-state index contributed by atoms with van der Waals surface area (Å²) < 4.78 is 10.3. The minimum Gasteiger partial charge on any atom is -0.469 e. The fourth-order valence-electron chi connectivity index (χ4n) is 2.87. The zero-order valence-electron chi connectivity index (χ0n) is 14.1. The molecule has 7 heteroatoms. The highest BCUT2D eigenvalue weighted by Crippen LogP contribution is 2.15. The van der Waals surface area contributed by atoms with E-state index in [9.17, 15) is 9.59 Å². The van der Waals surface area contributed by atoms with Gasteiger partial charge in [-0.1, -0.05) is 30.3 Å². The topological polar surface area (TPSA) is 84.5 Å². The van der Waals surface area contributed by atoms with Crippen LogP contribution in [-0.4, -0.2) is 53.7 Å². The first-order chi connectivity index (χ1) is 12.1. The standard InChI is InChI=1S/C18H21N3O4/c1-24-17(23)10-15-12-21(7-8-25-15)11-14-9-16(22)20-18(19-14)13-5-3-2-4-6-13/h2-6,9,15H,7-8,10-12H2,1H3,(H,19,20,22)/t15-/m1/s1. The Balaban J connectivity index is 1.71. The second-order valence-corrected chi connectivity index (χ2v) is 5.96. The molecule has 3 rings (SSSR count). The number of methoxy groups -OCH3 is 1. The molecule has 0 saturated carbocycles. The normalized spacial score (nSPS) is 18.0. The van der Waals surface area contributed by atoms with Gasteiger partial charge in [0.15, 0.2) is 0 Å². The smallest absolute Gasteiger partial charge is 0.308 e. The Labute approximate surface area is 145 Å². The number of ether oxygens (including phenoxy) is 2. The first-order valence-electron chi connectivity index (χ1n) is 8.20. The average molecular weight is 343 g/mol. The van der Waals surface area contributed by atoms with Gasteiger partial charge in [0.2, 0.25) is 0 Å². The summed E-state index contributed by atoms with van der Waals surface area (Å²) in [6.45, 7) is 2.40. The highest BCUT2D eigenvalue weighted by molar-refractivity contribution is 5.69. The molecule has 1 saturated heterocycles. The number of carbonyl (C=O) groups is 1. The summed E-state index contributed by atoms with van der Waals surface area (Å²) in [6.07, 6.45) is 0.0298. The molecule has 1 fully saturated rings. The van der Waals surface area contributed by atoms with Gasteiger partial charge in [-0.3, -0.25) is 14.5 Å². The number of morpholine rings is 1. The van der Waals surface area contributed by atoms with Crippen LogP contribution in [0.3, 0.4) is 0 Å². The van der Waals surface area contributed by atoms with Crippen LogP contribution in [0.4, 0.5) is 0 Å². The lowest BCUT2D eigenvalue weighted by Gasteiger charge is -2.32. The van der Waals surface area contributed by atoms with Crippen molar-refractivity contribution >= 4 is 5.97 Å². The van der Waals surface area contributed by atoms with E-state index in [0.29, 0.717) is 31.2 Å². The molecule has 1 atom stereocenters. The van der Waals surface area contributed by atoms with E-state index < -0.39 is 0 Å². The zero-order chi connectivity index (χ0) is 17.6. The maximum Gasteiger partial charge on any atom is 0.308 e. The van der Waals surface area contributed by atoms with Crippen LogP contribution >= 0.6 is 0 Å². The van der Waals surface area contributed by atoms with Crippen molar-refractivity contribution in [1.82, 2.24) is 14.9 Å². The first-order valence-corrected chi connectivity index (χ1v) is 8.20. The molecule has 0 spiro atoms. The van der Waals surface area contributed by atoms with Gasteiger partial charge in [-0.25, -0.2) is 4.98 Å². The van der Waals surface area contributed by atoms with Gasteiger partial charge in [0.1, 0.15) is 5.82 Å². The van der Waals surface area contributed by atoms with E-state index >= 15 is 0 Å². The molecule has 1 aromatic heterocycles. The summed E-state index contributed by atoms with van der Waals surface area (Å²) in [5.74, 6) is 0.273. The third-order valence-corrected chi connectivity index (χ3v) is 4.07. The van der Waals surface area contributed by atoms with Gasteiger partial charge in [0.05, 0.1) is 31.9 Å². The van der Waals surface area contributed by atoms with Crippen LogP contribution < -0.4 is 5.56 Å². The molecule has 1 aliphatic rings. The number of H-pyrrole nitrogens is 1. The van der Waals surface area contributed by atoms with Crippen LogP contribution in [0.2, 0.25) is 0 Å². The molecular formula is C18H21N3O4. The molecule has 1 aromatic carbocycles. The summed E-state index contributed by atoms with van der Waals surface area (Å²) in [7, 11) is 1.37. The molecule has 1 N–H and O–H groups in total. The van der Waals surface area contributed by atoms with Crippen LogP contribution in [0.25, 0.3) is 11.4 Å². The number of aromatic nitrogens is 2. The lowest BCUT2D eigenvalue weighted by atomic mass is 10.2. The van der Waals surface area contributed by atoms with E-state index in [4.69, 9.17) is 9.47 Å². The Morgan fingerprint density at radius 1 is 1.40 bits per heavy atom. The quantitative estimate of drug-likeness (QED) is 0.821. The van der Waals surface area contributed by atoms with E-state index in [1.165, 1.54) is 13.2 Å². The number of esters is 1. The third-order valence-electron chi connectivity index (χ3n) is 4.07. The third kappa shape index (κ3) is 4.74. The van der Waals surface area contributed by atoms with E-state index in [2.05, 4.69) is 14.9 Å². The summed E-state index contributed by atoms with van der Waals surface area (Å²) in [4.78, 5) is 32.9. The van der Waals surface area contributed by atoms with Crippen molar-refractivity contribution in [2.45, 2.75) is 19.1 Å². The van der Waals surface area contributed by atoms with Crippen molar-refractivity contribution in [3.63, 3.8) is 0 Å². The molecule has 25 heavy (non-hydrogen) atoms. The van der Waals surface area contributed by atoms with Crippen LogP contribution in [0.5, 0.6) is 0 Å². The monoisotopic (exact) mass is 343 g/mol. The Kier molecular flexibility index (Phi) is 5.57. The van der Waals surface area contributed by atoms with Crippen molar-refractivity contribution in [3.8, 4) is 11.4 Å². The van der Waals surface area contributed by atoms with Crippen LogP contribution in [0, 0.1) is 0 Å². The molecule has 1 aliphatic heterocycles. The zero-order valence-corrected chi connectivity index (χ0v) is 14.1. The molecule has 7 nitrogen and oxygen atoms in total. The van der Waals surface area contributed by atoms with Gasteiger partial charge in [0, 0.05) is 31.3 Å². The summed E-state index contributed by atoms with van der Waals surface area (Å²) in [5, 5.41) is 0. The number of rotatable bonds is 5. The van der Waals surface area contributed by atoms with Crippen molar-refractivity contribution < 1.29 is 14.3 Å². The van der Waals surface area contributed by atoms with Crippen molar-refractivity contribution in [2.75, 3.05) is 26.8 Å². The number of nitrogens with zero attached hydrogens (tertiary/aromatic N) is 2. The molecule has 132 valence electrons. The number of aromatic amines is 1. The number of benzene rings is 1. The molecule has 0 unspecified atom stereocenters. The van der Waals surface area contributed by atoms with Gasteiger partial charge >= 0.3 is 5.97 Å². The Bertz CT molecular complexity index is 775. The fourth-order valence-corrected chi connectivity index (χ4v) is 2.87. The summed E-state index contributed by atoms with van der Waals surface area (Å²) in [5.41, 5.74) is 1.39. The second-order valence-electron chi connectivity index (χ2n) is 5.96. The summed E-state index contributed by atoms with van der Waals surface area (Å²) in [6, 6.07) is 11.0. The minimum atomic E-state index is -0.285. The molecular weight excluding hydrogens is 322 g/mol. The Morgan fingerprint density at radius 2 is 2.20 bits per heavy atom. The predicted octanol–water partition coefficient (Wildman–Crippen LogP) is 1.20. The Hall–Kier alpha value is -2.51. The number of nitrogens with one attached hydrogen (secondary N) is 1. The van der Waals surface area contributed by atoms with Crippen molar-refractivity contribution in [3.05, 3.63) is 52.4 Å². The fraction of sp³-hybridized carbons (Fsp3) is 0.389. The van der Waals surface area contributed by atoms with Gasteiger partial charge in [-0.15, -0.1) is 0 Å². The lowest BCUT2D eigenvalue weighted by Crippen LogP contribution is -2.43. The number of hydrogen-bond donors (Lipinski definition) is 1. The van der Waals surface area contributed by atoms with E-state index in [1.54, 1.807) is 0 Å².